The molecule has 1 saturated heterocycles. The molecular weight excluding hydrogens is 505 g/mol. The van der Waals surface area contributed by atoms with E-state index in [1.807, 2.05) is 29.2 Å². The van der Waals surface area contributed by atoms with E-state index < -0.39 is 17.6 Å². The molecule has 5 rings (SSSR count). The number of primary amides is 1. The number of anilines is 2. The fraction of sp³-hybridized carbons (Fsp3) is 0.448. The number of carbonyl (C=O) groups excluding carboxylic acids is 1. The first-order valence-corrected chi connectivity index (χ1v) is 13.5. The molecule has 3 atom stereocenters. The summed E-state index contributed by atoms with van der Waals surface area (Å²) in [4.78, 5) is 26.2. The molecule has 2 aliphatic rings. The van der Waals surface area contributed by atoms with Crippen LogP contribution in [0.25, 0.3) is 11.1 Å². The van der Waals surface area contributed by atoms with Crippen LogP contribution in [0.2, 0.25) is 0 Å². The molecule has 0 spiro atoms. The van der Waals surface area contributed by atoms with Crippen LogP contribution in [-0.4, -0.2) is 40.0 Å². The zero-order chi connectivity index (χ0) is 27.4. The first-order valence-electron chi connectivity index (χ1n) is 13.5. The molecule has 7 nitrogen and oxygen atoms in total. The first-order chi connectivity index (χ1) is 18.8. The van der Waals surface area contributed by atoms with Crippen LogP contribution in [-0.2, 0) is 6.18 Å². The van der Waals surface area contributed by atoms with Crippen molar-refractivity contribution >= 4 is 17.7 Å². The van der Waals surface area contributed by atoms with E-state index in [4.69, 9.17) is 5.73 Å². The predicted octanol–water partition coefficient (Wildman–Crippen LogP) is 5.93. The Morgan fingerprint density at radius 1 is 1.00 bits per heavy atom. The highest BCUT2D eigenvalue weighted by Gasteiger charge is 2.33. The maximum absolute atomic E-state index is 12.9. The van der Waals surface area contributed by atoms with Crippen LogP contribution in [0.4, 0.5) is 24.9 Å². The average Bonchev–Trinajstić information content (AvgIpc) is 2.94. The maximum Gasteiger partial charge on any atom is 0.419 e. The lowest BCUT2D eigenvalue weighted by Crippen LogP contribution is -2.40. The van der Waals surface area contributed by atoms with Gasteiger partial charge in [0.2, 0.25) is 11.9 Å². The van der Waals surface area contributed by atoms with E-state index in [2.05, 4.69) is 20.3 Å². The molecule has 3 heterocycles. The molecule has 206 valence electrons. The summed E-state index contributed by atoms with van der Waals surface area (Å²) >= 11 is 0. The van der Waals surface area contributed by atoms with Crippen molar-refractivity contribution < 1.29 is 18.0 Å². The van der Waals surface area contributed by atoms with Gasteiger partial charge in [0, 0.05) is 43.3 Å². The Hall–Kier alpha value is -3.69. The summed E-state index contributed by atoms with van der Waals surface area (Å²) < 4.78 is 38.7. The van der Waals surface area contributed by atoms with Crippen molar-refractivity contribution in [3.05, 3.63) is 66.1 Å². The molecule has 0 unspecified atom stereocenters. The summed E-state index contributed by atoms with van der Waals surface area (Å²) in [5, 5.41) is 3.68. The second-order valence-electron chi connectivity index (χ2n) is 10.6. The molecule has 2 aromatic heterocycles. The number of alkyl halides is 3. The van der Waals surface area contributed by atoms with Gasteiger partial charge in [-0.05, 0) is 79.3 Å². The molecule has 1 aliphatic heterocycles. The van der Waals surface area contributed by atoms with Gasteiger partial charge in [-0.3, -0.25) is 4.79 Å². The number of pyridine rings is 1. The lowest BCUT2D eigenvalue weighted by atomic mass is 9.77. The van der Waals surface area contributed by atoms with Gasteiger partial charge in [0.25, 0.3) is 0 Å². The maximum atomic E-state index is 12.9. The molecule has 1 aromatic carbocycles. The lowest BCUT2D eigenvalue weighted by molar-refractivity contribution is -0.138. The van der Waals surface area contributed by atoms with Crippen molar-refractivity contribution in [3.8, 4) is 11.1 Å². The number of nitrogens with two attached hydrogens (primary N) is 1. The molecule has 1 saturated carbocycles. The van der Waals surface area contributed by atoms with Crippen LogP contribution in [0.3, 0.4) is 0 Å². The van der Waals surface area contributed by atoms with E-state index in [1.165, 1.54) is 6.42 Å². The number of carbonyl (C=O) groups is 1. The molecule has 2 fully saturated rings. The van der Waals surface area contributed by atoms with E-state index in [-0.39, 0.29) is 6.04 Å². The number of aromatic nitrogens is 3. The van der Waals surface area contributed by atoms with Crippen molar-refractivity contribution in [3.63, 3.8) is 0 Å². The third kappa shape index (κ3) is 6.66. The fourth-order valence-corrected chi connectivity index (χ4v) is 5.91. The van der Waals surface area contributed by atoms with Crippen LogP contribution in [0.5, 0.6) is 0 Å². The minimum Gasteiger partial charge on any atom is -0.367 e. The highest BCUT2D eigenvalue weighted by molar-refractivity contribution is 5.94. The van der Waals surface area contributed by atoms with E-state index in [9.17, 15) is 18.0 Å². The van der Waals surface area contributed by atoms with Gasteiger partial charge in [-0.25, -0.2) is 15.0 Å². The zero-order valence-corrected chi connectivity index (χ0v) is 21.7. The number of hydrogen-bond donors (Lipinski definition) is 2. The third-order valence-corrected chi connectivity index (χ3v) is 7.89. The molecule has 39 heavy (non-hydrogen) atoms. The number of nitrogens with zero attached hydrogens (tertiary/aromatic N) is 4. The van der Waals surface area contributed by atoms with Gasteiger partial charge < -0.3 is 16.0 Å². The van der Waals surface area contributed by atoms with Crippen LogP contribution < -0.4 is 16.0 Å². The quantitative estimate of drug-likeness (QED) is 0.387. The summed E-state index contributed by atoms with van der Waals surface area (Å²) in [6.45, 7) is 1.50. The SMILES string of the molecule is NC(=O)c1cccc(-c2ccnc(N[C@@H]3CCCC[C@H]3C[C@H]3CCCN(c4ncc(C(F)(F)F)cn4)C3)c2)c1. The Morgan fingerprint density at radius 3 is 2.54 bits per heavy atom. The van der Waals surface area contributed by atoms with Crippen LogP contribution in [0, 0.1) is 11.8 Å². The monoisotopic (exact) mass is 538 g/mol. The Morgan fingerprint density at radius 2 is 1.77 bits per heavy atom. The smallest absolute Gasteiger partial charge is 0.367 e. The number of halogens is 3. The van der Waals surface area contributed by atoms with Crippen LogP contribution >= 0.6 is 0 Å². The molecule has 1 amide bonds. The Labute approximate surface area is 226 Å². The van der Waals surface area contributed by atoms with Gasteiger partial charge in [0.15, 0.2) is 0 Å². The fourth-order valence-electron chi connectivity index (χ4n) is 5.91. The van der Waals surface area contributed by atoms with Gasteiger partial charge in [-0.2, -0.15) is 13.2 Å². The van der Waals surface area contributed by atoms with Crippen molar-refractivity contribution in [1.82, 2.24) is 15.0 Å². The minimum atomic E-state index is -4.44. The number of amides is 1. The number of piperidine rings is 1. The molecule has 0 bridgehead atoms. The van der Waals surface area contributed by atoms with Crippen LogP contribution in [0.1, 0.15) is 60.9 Å². The van der Waals surface area contributed by atoms with Crippen molar-refractivity contribution in [2.75, 3.05) is 23.3 Å². The summed E-state index contributed by atoms with van der Waals surface area (Å²) in [6, 6.07) is 11.5. The lowest BCUT2D eigenvalue weighted by Gasteiger charge is -2.38. The summed E-state index contributed by atoms with van der Waals surface area (Å²) in [7, 11) is 0. The molecule has 10 heteroatoms. The second-order valence-corrected chi connectivity index (χ2v) is 10.6. The van der Waals surface area contributed by atoms with Gasteiger partial charge in [0.05, 0.1) is 5.56 Å². The van der Waals surface area contributed by atoms with E-state index in [1.54, 1.807) is 18.3 Å². The minimum absolute atomic E-state index is 0.288. The number of benzene rings is 1. The highest BCUT2D eigenvalue weighted by atomic mass is 19.4. The predicted molar refractivity (Wildman–Crippen MR) is 144 cm³/mol. The Bertz CT molecular complexity index is 1280. The van der Waals surface area contributed by atoms with Gasteiger partial charge in [-0.15, -0.1) is 0 Å². The van der Waals surface area contributed by atoms with Crippen molar-refractivity contribution in [1.29, 1.82) is 0 Å². The molecular formula is C29H33F3N6O. The molecule has 3 N–H and O–H groups in total. The summed E-state index contributed by atoms with van der Waals surface area (Å²) in [5.41, 5.74) is 6.96. The highest BCUT2D eigenvalue weighted by Crippen LogP contribution is 2.35. The van der Waals surface area contributed by atoms with E-state index in [0.29, 0.717) is 23.3 Å². The number of nitrogens with one attached hydrogen (secondary N) is 1. The molecule has 3 aromatic rings. The normalized spacial score (nSPS) is 21.9. The van der Waals surface area contributed by atoms with Crippen LogP contribution in [0.15, 0.2) is 55.0 Å². The molecule has 1 aliphatic carbocycles. The first kappa shape index (κ1) is 26.9. The Kier molecular flexibility index (Phi) is 7.99. The molecule has 0 radical (unpaired) electrons. The van der Waals surface area contributed by atoms with E-state index >= 15 is 0 Å². The van der Waals surface area contributed by atoms with E-state index in [0.717, 1.165) is 81.0 Å². The number of hydrogen-bond acceptors (Lipinski definition) is 6. The number of rotatable bonds is 7. The standard InChI is InChI=1S/C29H33F3N6O/c30-29(31,32)24-16-35-28(36-17-24)38-12-4-5-19(18-38)13-22-6-1-2-9-25(22)37-26-15-21(10-11-34-26)20-7-3-8-23(14-20)27(33)39/h3,7-8,10-11,14-17,19,22,25H,1-2,4-6,9,12-13,18H2,(H2,33,39)(H,34,37)/t19-,22+,25-/m1/s1. The summed E-state index contributed by atoms with van der Waals surface area (Å²) in [5.74, 6) is 1.61. The van der Waals surface area contributed by atoms with Crippen molar-refractivity contribution in [2.24, 2.45) is 17.6 Å². The largest absolute Gasteiger partial charge is 0.419 e. The Balaban J connectivity index is 1.24. The second kappa shape index (κ2) is 11.6. The average molecular weight is 539 g/mol. The van der Waals surface area contributed by atoms with Crippen molar-refractivity contribution in [2.45, 2.75) is 57.2 Å². The third-order valence-electron chi connectivity index (χ3n) is 7.89. The zero-order valence-electron chi connectivity index (χ0n) is 21.7. The summed E-state index contributed by atoms with van der Waals surface area (Å²) in [6.07, 6.45) is 6.71. The van der Waals surface area contributed by atoms with Gasteiger partial charge in [-0.1, -0.05) is 25.0 Å². The topological polar surface area (TPSA) is 97.0 Å². The van der Waals surface area contributed by atoms with Gasteiger partial charge in [0.1, 0.15) is 5.82 Å². The van der Waals surface area contributed by atoms with Gasteiger partial charge >= 0.3 is 6.18 Å².